The minimum Gasteiger partial charge on any atom is -0.481 e. The van der Waals surface area contributed by atoms with Gasteiger partial charge in [-0.2, -0.15) is 18.2 Å². The summed E-state index contributed by atoms with van der Waals surface area (Å²) in [6.45, 7) is 1.08. The van der Waals surface area contributed by atoms with Crippen molar-refractivity contribution in [2.45, 2.75) is 6.92 Å². The van der Waals surface area contributed by atoms with Gasteiger partial charge in [0.15, 0.2) is 5.17 Å². The van der Waals surface area contributed by atoms with Gasteiger partial charge in [-0.3, -0.25) is 14.6 Å². The number of aliphatic imine (C=N–C) groups is 1. The normalized spacial score (nSPS) is 15.4. The van der Waals surface area contributed by atoms with E-state index in [-0.39, 0.29) is 35.5 Å². The van der Waals surface area contributed by atoms with E-state index in [2.05, 4.69) is 40.6 Å². The van der Waals surface area contributed by atoms with E-state index >= 15 is 0 Å². The topological polar surface area (TPSA) is 78.8 Å². The molecule has 0 unspecified atom stereocenters. The van der Waals surface area contributed by atoms with Crippen molar-refractivity contribution in [2.75, 3.05) is 0 Å². The van der Waals surface area contributed by atoms with E-state index in [1.54, 1.807) is 12.1 Å². The Hall–Kier alpha value is -2.38. The van der Waals surface area contributed by atoms with E-state index in [0.717, 1.165) is 23.6 Å². The number of nitrogens with zero attached hydrogens (tertiary/aromatic N) is 1. The second kappa shape index (κ2) is 11.0. The molecule has 7 heteroatoms. The van der Waals surface area contributed by atoms with Crippen LogP contribution in [0.4, 0.5) is 5.69 Å². The Kier molecular flexibility index (Phi) is 8.67. The summed E-state index contributed by atoms with van der Waals surface area (Å²) in [5.41, 5.74) is 1.80. The number of fused-ring (bicyclic) bond motifs is 1. The molecule has 3 aromatic carbocycles. The number of thioether (sulfide) groups is 1. The summed E-state index contributed by atoms with van der Waals surface area (Å²) >= 11 is 1.35. The van der Waals surface area contributed by atoms with Crippen molar-refractivity contribution < 1.29 is 44.3 Å². The molecule has 1 aliphatic heterocycles. The molecular weight excluding hydrogens is 395 g/mol. The maximum absolute atomic E-state index is 12.2. The van der Waals surface area contributed by atoms with Gasteiger partial charge in [0.05, 0.1) is 4.91 Å². The molecule has 0 atom stereocenters. The van der Waals surface area contributed by atoms with Crippen LogP contribution in [-0.4, -0.2) is 22.2 Å². The predicted molar refractivity (Wildman–Crippen MR) is 113 cm³/mol. The van der Waals surface area contributed by atoms with Gasteiger partial charge in [-0.25, -0.2) is 0 Å². The Balaban J connectivity index is 0.000000552. The van der Waals surface area contributed by atoms with Crippen LogP contribution in [0.2, 0.25) is 0 Å². The Morgan fingerprint density at radius 1 is 1.10 bits per heavy atom. The number of amides is 1. The van der Waals surface area contributed by atoms with Gasteiger partial charge in [0.2, 0.25) is 0 Å². The largest absolute Gasteiger partial charge is 1.00 e. The SMILES string of the molecule is CC(=O)O.O=C1NC(=Nc2cc[c-]cc2)SC1=Cc1ccc2ccccc2c1.[Na+]. The van der Waals surface area contributed by atoms with E-state index in [0.29, 0.717) is 10.1 Å². The molecule has 1 saturated heterocycles. The molecule has 0 spiro atoms. The third-order valence-corrected chi connectivity index (χ3v) is 4.56. The first kappa shape index (κ1) is 22.9. The van der Waals surface area contributed by atoms with Crippen LogP contribution >= 0.6 is 11.8 Å². The van der Waals surface area contributed by atoms with Crippen molar-refractivity contribution in [3.8, 4) is 0 Å². The van der Waals surface area contributed by atoms with Gasteiger partial charge >= 0.3 is 29.6 Å². The van der Waals surface area contributed by atoms with Gasteiger partial charge in [0.1, 0.15) is 0 Å². The van der Waals surface area contributed by atoms with Crippen molar-refractivity contribution >= 4 is 51.3 Å². The summed E-state index contributed by atoms with van der Waals surface area (Å²) < 4.78 is 0. The van der Waals surface area contributed by atoms with Crippen LogP contribution in [0.5, 0.6) is 0 Å². The van der Waals surface area contributed by atoms with Crippen LogP contribution in [0, 0.1) is 6.07 Å². The molecule has 140 valence electrons. The van der Waals surface area contributed by atoms with Gasteiger partial charge in [-0.15, -0.1) is 12.1 Å². The molecule has 4 rings (SSSR count). The maximum atomic E-state index is 12.2. The number of amidine groups is 1. The Morgan fingerprint density at radius 3 is 2.45 bits per heavy atom. The number of carbonyl (C=O) groups excluding carboxylic acids is 1. The third-order valence-electron chi connectivity index (χ3n) is 3.65. The van der Waals surface area contributed by atoms with Gasteiger partial charge in [0.25, 0.3) is 11.9 Å². The molecule has 2 N–H and O–H groups in total. The zero-order chi connectivity index (χ0) is 19.9. The fourth-order valence-corrected chi connectivity index (χ4v) is 3.34. The smallest absolute Gasteiger partial charge is 0.481 e. The average molecular weight is 412 g/mol. The Bertz CT molecular complexity index is 1080. The van der Waals surface area contributed by atoms with Crippen molar-refractivity contribution in [3.05, 3.63) is 83.3 Å². The summed E-state index contributed by atoms with van der Waals surface area (Å²) in [5.74, 6) is -0.950. The summed E-state index contributed by atoms with van der Waals surface area (Å²) in [7, 11) is 0. The predicted octanol–water partition coefficient (Wildman–Crippen LogP) is 1.63. The number of carboxylic acids is 1. The van der Waals surface area contributed by atoms with Gasteiger partial charge < -0.3 is 10.4 Å². The molecule has 0 aliphatic carbocycles. The minimum absolute atomic E-state index is 0. The molecular formula is C22H17N2NaO3S. The van der Waals surface area contributed by atoms with Gasteiger partial charge in [-0.05, 0) is 45.9 Å². The number of benzene rings is 3. The molecule has 0 aromatic heterocycles. The number of rotatable bonds is 2. The van der Waals surface area contributed by atoms with Gasteiger partial charge in [-0.1, -0.05) is 36.4 Å². The molecule has 0 radical (unpaired) electrons. The first-order valence-corrected chi connectivity index (χ1v) is 9.27. The van der Waals surface area contributed by atoms with Crippen molar-refractivity contribution in [1.82, 2.24) is 5.32 Å². The van der Waals surface area contributed by atoms with Crippen molar-refractivity contribution in [1.29, 1.82) is 0 Å². The monoisotopic (exact) mass is 412 g/mol. The van der Waals surface area contributed by atoms with E-state index < -0.39 is 5.97 Å². The first-order valence-electron chi connectivity index (χ1n) is 8.45. The molecule has 1 fully saturated rings. The van der Waals surface area contributed by atoms with Crippen LogP contribution in [0.25, 0.3) is 16.8 Å². The van der Waals surface area contributed by atoms with E-state index in [1.165, 1.54) is 17.1 Å². The standard InChI is InChI=1S/C20H13N2OS.C2H4O2.Na/c23-19-18(24-20(22-19)21-17-8-2-1-3-9-17)13-14-10-11-15-6-4-5-7-16(15)12-14;1-2(3)4;/h2-13H,(H,21,22,23);1H3,(H,3,4);/q-1;;+1. The molecule has 1 amide bonds. The van der Waals surface area contributed by atoms with Crippen LogP contribution in [-0.2, 0) is 9.59 Å². The summed E-state index contributed by atoms with van der Waals surface area (Å²) in [5, 5.41) is 13.2. The van der Waals surface area contributed by atoms with Crippen LogP contribution in [0.15, 0.2) is 76.6 Å². The van der Waals surface area contributed by atoms with E-state index in [9.17, 15) is 4.79 Å². The van der Waals surface area contributed by atoms with Crippen LogP contribution in [0.3, 0.4) is 0 Å². The first-order chi connectivity index (χ1) is 13.5. The molecule has 1 aliphatic rings. The number of hydrogen-bond donors (Lipinski definition) is 2. The van der Waals surface area contributed by atoms with E-state index in [1.807, 2.05) is 36.4 Å². The van der Waals surface area contributed by atoms with Crippen molar-refractivity contribution in [2.24, 2.45) is 4.99 Å². The zero-order valence-corrected chi connectivity index (χ0v) is 18.9. The summed E-state index contributed by atoms with van der Waals surface area (Å²) in [6.07, 6.45) is 1.90. The number of nitrogens with one attached hydrogen (secondary N) is 1. The molecule has 3 aromatic rings. The number of carbonyl (C=O) groups is 2. The minimum atomic E-state index is -0.833. The third kappa shape index (κ3) is 6.87. The number of aliphatic carboxylic acids is 1. The second-order valence-corrected chi connectivity index (χ2v) is 6.90. The number of hydrogen-bond acceptors (Lipinski definition) is 4. The molecule has 0 saturated carbocycles. The van der Waals surface area contributed by atoms with Crippen LogP contribution < -0.4 is 34.9 Å². The van der Waals surface area contributed by atoms with Crippen molar-refractivity contribution in [3.63, 3.8) is 0 Å². The van der Waals surface area contributed by atoms with Crippen LogP contribution in [0.1, 0.15) is 12.5 Å². The Morgan fingerprint density at radius 2 is 1.76 bits per heavy atom. The van der Waals surface area contributed by atoms with E-state index in [4.69, 9.17) is 9.90 Å². The molecule has 5 nitrogen and oxygen atoms in total. The summed E-state index contributed by atoms with van der Waals surface area (Å²) in [6, 6.07) is 24.6. The fraction of sp³-hybridized carbons (Fsp3) is 0.0455. The second-order valence-electron chi connectivity index (χ2n) is 5.87. The Labute approximate surface area is 195 Å². The quantitative estimate of drug-likeness (QED) is 0.381. The molecule has 29 heavy (non-hydrogen) atoms. The average Bonchev–Trinajstić information content (AvgIpc) is 3.01. The summed E-state index contributed by atoms with van der Waals surface area (Å²) in [4.78, 5) is 26.2. The number of carboxylic acid groups (broad SMARTS) is 1. The zero-order valence-electron chi connectivity index (χ0n) is 16.0. The fourth-order valence-electron chi connectivity index (χ4n) is 2.50. The molecule has 0 bridgehead atoms. The molecule has 1 heterocycles. The maximum Gasteiger partial charge on any atom is 1.00 e. The van der Waals surface area contributed by atoms with Gasteiger partial charge in [0, 0.05) is 6.92 Å².